The smallest absolute Gasteiger partial charge is 0.231 e. The molecule has 1 amide bonds. The number of carbonyl (C=O) groups excluding carboxylic acids is 1. The van der Waals surface area contributed by atoms with E-state index in [0.717, 1.165) is 22.4 Å². The summed E-state index contributed by atoms with van der Waals surface area (Å²) in [6, 6.07) is 29.5. The highest BCUT2D eigenvalue weighted by molar-refractivity contribution is 5.94. The number of ether oxygens (including phenoxy) is 1. The van der Waals surface area contributed by atoms with E-state index in [0.29, 0.717) is 25.3 Å². The number of anilines is 1. The van der Waals surface area contributed by atoms with Crippen LogP contribution in [-0.2, 0) is 24.2 Å². The highest BCUT2D eigenvalue weighted by Gasteiger charge is 2.17. The van der Waals surface area contributed by atoms with Crippen LogP contribution in [-0.4, -0.2) is 12.5 Å². The van der Waals surface area contributed by atoms with Crippen molar-refractivity contribution in [2.45, 2.75) is 19.4 Å². The number of carbonyl (C=O) groups is 1. The highest BCUT2D eigenvalue weighted by Crippen LogP contribution is 2.20. The Morgan fingerprint density at radius 3 is 2.06 bits per heavy atom. The van der Waals surface area contributed by atoms with Gasteiger partial charge in [0.2, 0.25) is 5.91 Å². The molecule has 0 saturated heterocycles. The van der Waals surface area contributed by atoms with Crippen LogP contribution in [0.2, 0.25) is 0 Å². The summed E-state index contributed by atoms with van der Waals surface area (Å²) in [6.07, 6.45) is 0.715. The van der Waals surface area contributed by atoms with Gasteiger partial charge in [-0.15, -0.1) is 0 Å². The Bertz CT molecular complexity index is 1210. The van der Waals surface area contributed by atoms with Gasteiger partial charge in [-0.05, 0) is 71.6 Å². The minimum Gasteiger partial charge on any atom is -0.489 e. The zero-order valence-corrected chi connectivity index (χ0v) is 18.7. The maximum absolute atomic E-state index is 13.5. The third kappa shape index (κ3) is 6.51. The zero-order valence-electron chi connectivity index (χ0n) is 18.7. The Morgan fingerprint density at radius 1 is 0.706 bits per heavy atom. The van der Waals surface area contributed by atoms with Gasteiger partial charge in [-0.2, -0.15) is 0 Å². The molecule has 0 atom stereocenters. The lowest BCUT2D eigenvalue weighted by Gasteiger charge is -2.23. The largest absolute Gasteiger partial charge is 0.489 e. The van der Waals surface area contributed by atoms with E-state index in [1.54, 1.807) is 29.2 Å². The van der Waals surface area contributed by atoms with Gasteiger partial charge in [0.25, 0.3) is 0 Å². The maximum atomic E-state index is 13.5. The Morgan fingerprint density at radius 2 is 1.35 bits per heavy atom. The fraction of sp³-hybridized carbons (Fsp3) is 0.138. The van der Waals surface area contributed by atoms with E-state index in [1.165, 1.54) is 24.3 Å². The molecule has 34 heavy (non-hydrogen) atoms. The summed E-state index contributed by atoms with van der Waals surface area (Å²) in [5, 5.41) is 0. The predicted molar refractivity (Wildman–Crippen MR) is 130 cm³/mol. The molecule has 5 heteroatoms. The number of amides is 1. The molecule has 0 fully saturated rings. The lowest BCUT2D eigenvalue weighted by atomic mass is 10.1. The van der Waals surface area contributed by atoms with Crippen molar-refractivity contribution in [2.24, 2.45) is 0 Å². The maximum Gasteiger partial charge on any atom is 0.231 e. The summed E-state index contributed by atoms with van der Waals surface area (Å²) in [7, 11) is 0. The number of hydrogen-bond acceptors (Lipinski definition) is 2. The van der Waals surface area contributed by atoms with Gasteiger partial charge in [-0.1, -0.05) is 54.6 Å². The molecular weight excluding hydrogens is 432 g/mol. The molecular formula is C29H25F2NO2. The second-order valence-electron chi connectivity index (χ2n) is 8.00. The molecule has 3 nitrogen and oxygen atoms in total. The topological polar surface area (TPSA) is 29.5 Å². The molecule has 0 aromatic heterocycles. The summed E-state index contributed by atoms with van der Waals surface area (Å²) in [5.41, 5.74) is 3.44. The first-order valence-corrected chi connectivity index (χ1v) is 11.1. The van der Waals surface area contributed by atoms with Gasteiger partial charge in [-0.25, -0.2) is 8.78 Å². The Balaban J connectivity index is 1.45. The number of nitrogens with zero attached hydrogens (tertiary/aromatic N) is 1. The van der Waals surface area contributed by atoms with Crippen molar-refractivity contribution < 1.29 is 18.3 Å². The van der Waals surface area contributed by atoms with Crippen LogP contribution < -0.4 is 9.64 Å². The van der Waals surface area contributed by atoms with Crippen molar-refractivity contribution in [1.29, 1.82) is 0 Å². The van der Waals surface area contributed by atoms with Crippen LogP contribution in [0.15, 0.2) is 103 Å². The minimum absolute atomic E-state index is 0.123. The van der Waals surface area contributed by atoms with Crippen molar-refractivity contribution in [3.05, 3.63) is 131 Å². The van der Waals surface area contributed by atoms with E-state index in [-0.39, 0.29) is 24.0 Å². The first-order valence-electron chi connectivity index (χ1n) is 11.1. The Hall–Kier alpha value is -3.99. The summed E-state index contributed by atoms with van der Waals surface area (Å²) in [6.45, 7) is 0.885. The number of rotatable bonds is 9. The lowest BCUT2D eigenvalue weighted by molar-refractivity contribution is -0.118. The van der Waals surface area contributed by atoms with Crippen molar-refractivity contribution in [2.75, 3.05) is 11.4 Å². The molecule has 0 aliphatic heterocycles. The zero-order chi connectivity index (χ0) is 23.8. The van der Waals surface area contributed by atoms with Gasteiger partial charge < -0.3 is 9.64 Å². The molecule has 4 rings (SSSR count). The number of benzene rings is 4. The normalized spacial score (nSPS) is 10.6. The van der Waals surface area contributed by atoms with Gasteiger partial charge in [0.05, 0.1) is 6.42 Å². The van der Waals surface area contributed by atoms with Gasteiger partial charge in [0.15, 0.2) is 0 Å². The van der Waals surface area contributed by atoms with Crippen LogP contribution in [0.1, 0.15) is 16.7 Å². The third-order valence-corrected chi connectivity index (χ3v) is 5.48. The van der Waals surface area contributed by atoms with Crippen LogP contribution in [0.5, 0.6) is 5.75 Å². The molecule has 0 saturated carbocycles. The SMILES string of the molecule is O=C(Cc1ccc(F)cc1)N(CCc1cccc(OCc2ccccc2)c1)c1ccc(F)cc1. The van der Waals surface area contributed by atoms with Gasteiger partial charge in [0.1, 0.15) is 24.0 Å². The molecule has 0 radical (unpaired) electrons. The molecule has 0 bridgehead atoms. The van der Waals surface area contributed by atoms with Gasteiger partial charge >= 0.3 is 0 Å². The summed E-state index contributed by atoms with van der Waals surface area (Å²) < 4.78 is 32.6. The molecule has 4 aromatic carbocycles. The lowest BCUT2D eigenvalue weighted by Crippen LogP contribution is -2.34. The van der Waals surface area contributed by atoms with Crippen LogP contribution in [0.3, 0.4) is 0 Å². The van der Waals surface area contributed by atoms with Crippen LogP contribution >= 0.6 is 0 Å². The molecule has 4 aromatic rings. The second kappa shape index (κ2) is 11.2. The van der Waals surface area contributed by atoms with Crippen LogP contribution in [0, 0.1) is 11.6 Å². The third-order valence-electron chi connectivity index (χ3n) is 5.48. The highest BCUT2D eigenvalue weighted by atomic mass is 19.1. The summed E-state index contributed by atoms with van der Waals surface area (Å²) in [5.74, 6) is -0.0964. The molecule has 0 aliphatic rings. The van der Waals surface area contributed by atoms with E-state index in [9.17, 15) is 13.6 Å². The van der Waals surface area contributed by atoms with Gasteiger partial charge in [0, 0.05) is 12.2 Å². The van der Waals surface area contributed by atoms with E-state index in [2.05, 4.69) is 0 Å². The first-order chi connectivity index (χ1) is 16.6. The van der Waals surface area contributed by atoms with E-state index < -0.39 is 0 Å². The summed E-state index contributed by atoms with van der Waals surface area (Å²) >= 11 is 0. The monoisotopic (exact) mass is 457 g/mol. The van der Waals surface area contributed by atoms with Crippen LogP contribution in [0.25, 0.3) is 0 Å². The molecule has 0 unspecified atom stereocenters. The number of hydrogen-bond donors (Lipinski definition) is 0. The van der Waals surface area contributed by atoms with E-state index in [1.807, 2.05) is 54.6 Å². The molecule has 0 spiro atoms. The predicted octanol–water partition coefficient (Wildman–Crippen LogP) is 6.36. The van der Waals surface area contributed by atoms with E-state index in [4.69, 9.17) is 4.74 Å². The van der Waals surface area contributed by atoms with Crippen LogP contribution in [0.4, 0.5) is 14.5 Å². The second-order valence-corrected chi connectivity index (χ2v) is 8.00. The standard InChI is InChI=1S/C29H25F2NO2/c30-25-11-9-23(10-12-25)20-29(33)32(27-15-13-26(31)14-16-27)18-17-22-7-4-8-28(19-22)34-21-24-5-2-1-3-6-24/h1-16,19H,17-18,20-21H2. The quantitative estimate of drug-likeness (QED) is 0.293. The molecule has 0 heterocycles. The Labute approximate surface area is 198 Å². The average molecular weight is 458 g/mol. The Kier molecular flexibility index (Phi) is 7.66. The van der Waals surface area contributed by atoms with Crippen molar-refractivity contribution in [3.63, 3.8) is 0 Å². The number of halogens is 2. The molecule has 0 aliphatic carbocycles. The van der Waals surface area contributed by atoms with Crippen molar-refractivity contribution in [1.82, 2.24) is 0 Å². The summed E-state index contributed by atoms with van der Waals surface area (Å²) in [4.78, 5) is 14.8. The van der Waals surface area contributed by atoms with Crippen molar-refractivity contribution in [3.8, 4) is 5.75 Å². The fourth-order valence-corrected chi connectivity index (χ4v) is 3.66. The fourth-order valence-electron chi connectivity index (χ4n) is 3.66. The average Bonchev–Trinajstić information content (AvgIpc) is 2.86. The van der Waals surface area contributed by atoms with Crippen molar-refractivity contribution >= 4 is 11.6 Å². The molecule has 0 N–H and O–H groups in total. The minimum atomic E-state index is -0.363. The molecule has 172 valence electrons. The first kappa shape index (κ1) is 23.2. The van der Waals surface area contributed by atoms with Gasteiger partial charge in [-0.3, -0.25) is 4.79 Å². The van der Waals surface area contributed by atoms with E-state index >= 15 is 0 Å².